The molecule has 47 heavy (non-hydrogen) atoms. The lowest BCUT2D eigenvalue weighted by molar-refractivity contribution is -0.189. The average Bonchev–Trinajstić information content (AvgIpc) is 3.03. The Morgan fingerprint density at radius 3 is 2.34 bits per heavy atom. The van der Waals surface area contributed by atoms with E-state index in [0.29, 0.717) is 11.1 Å². The molecule has 14 nitrogen and oxygen atoms in total. The van der Waals surface area contributed by atoms with Crippen molar-refractivity contribution in [2.75, 3.05) is 19.6 Å². The second-order valence-corrected chi connectivity index (χ2v) is 12.3. The van der Waals surface area contributed by atoms with Gasteiger partial charge in [-0.25, -0.2) is 14.8 Å². The smallest absolute Gasteiger partial charge is 0.371 e. The third kappa shape index (κ3) is 7.95. The highest BCUT2D eigenvalue weighted by Crippen LogP contribution is 2.30. The van der Waals surface area contributed by atoms with Crippen LogP contribution in [0, 0.1) is 0 Å². The number of nitrogens with two attached hydrogens (primary N) is 2. The van der Waals surface area contributed by atoms with Crippen molar-refractivity contribution < 1.29 is 31.8 Å². The first-order valence-electron chi connectivity index (χ1n) is 14.7. The third-order valence-electron chi connectivity index (χ3n) is 7.81. The van der Waals surface area contributed by atoms with Crippen LogP contribution in [0.4, 0.5) is 4.79 Å². The summed E-state index contributed by atoms with van der Waals surface area (Å²) < 4.78 is 27.4. The number of benzene rings is 3. The molecule has 0 bridgehead atoms. The van der Waals surface area contributed by atoms with Gasteiger partial charge < -0.3 is 25.0 Å². The molecule has 15 heteroatoms. The van der Waals surface area contributed by atoms with E-state index in [1.54, 1.807) is 52.4 Å². The van der Waals surface area contributed by atoms with Crippen LogP contribution in [0.3, 0.4) is 0 Å². The first-order valence-corrected chi connectivity index (χ1v) is 16.2. The van der Waals surface area contributed by atoms with E-state index >= 15 is 0 Å². The van der Waals surface area contributed by atoms with E-state index in [4.69, 9.17) is 15.1 Å². The molecule has 0 spiro atoms. The van der Waals surface area contributed by atoms with Gasteiger partial charge in [-0.2, -0.15) is 13.6 Å². The van der Waals surface area contributed by atoms with Crippen LogP contribution in [0.5, 0.6) is 5.75 Å². The summed E-state index contributed by atoms with van der Waals surface area (Å²) in [6.45, 7) is 4.11. The number of piperazine rings is 1. The summed E-state index contributed by atoms with van der Waals surface area (Å²) >= 11 is 0. The van der Waals surface area contributed by atoms with Gasteiger partial charge in [-0.1, -0.05) is 60.7 Å². The maximum Gasteiger partial charge on any atom is 0.380 e. The molecular formula is C32H35N7O7S. The van der Waals surface area contributed by atoms with Gasteiger partial charge in [0.15, 0.2) is 0 Å². The zero-order chi connectivity index (χ0) is 33.7. The van der Waals surface area contributed by atoms with Crippen molar-refractivity contribution in [1.29, 1.82) is 0 Å². The van der Waals surface area contributed by atoms with Crippen LogP contribution in [-0.2, 0) is 39.4 Å². The zero-order valence-electron chi connectivity index (χ0n) is 25.4. The predicted octanol–water partition coefficient (Wildman–Crippen LogP) is 1.10. The Labute approximate surface area is 272 Å². The number of nitrogens with zero attached hydrogens (tertiary/aromatic N) is 4. The molecule has 2 aliphatic heterocycles. The Morgan fingerprint density at radius 2 is 1.68 bits per heavy atom. The summed E-state index contributed by atoms with van der Waals surface area (Å²) in [5, 5.41) is 11.0. The fourth-order valence-electron chi connectivity index (χ4n) is 5.78. The molecule has 3 aromatic rings. The molecule has 246 valence electrons. The molecule has 0 aromatic heterocycles. The molecule has 0 radical (unpaired) electrons. The number of carbonyl (C=O) groups excluding carboxylic acids is 4. The van der Waals surface area contributed by atoms with Crippen molar-refractivity contribution in [1.82, 2.24) is 25.1 Å². The maximum absolute atomic E-state index is 14.2. The number of hydrazine groups is 1. The second-order valence-electron chi connectivity index (χ2n) is 11.1. The van der Waals surface area contributed by atoms with Crippen LogP contribution in [0.15, 0.2) is 91.5 Å². The summed E-state index contributed by atoms with van der Waals surface area (Å²) in [5.74, 6) is -1.36. The predicted molar refractivity (Wildman–Crippen MR) is 171 cm³/mol. The van der Waals surface area contributed by atoms with E-state index < -0.39 is 34.5 Å². The molecule has 2 saturated heterocycles. The second kappa shape index (κ2) is 14.0. The average molecular weight is 662 g/mol. The van der Waals surface area contributed by atoms with Gasteiger partial charge in [-0.05, 0) is 41.0 Å². The quantitative estimate of drug-likeness (QED) is 0.255. The molecule has 0 saturated carbocycles. The summed E-state index contributed by atoms with van der Waals surface area (Å²) in [6, 6.07) is 20.4. The van der Waals surface area contributed by atoms with E-state index in [9.17, 15) is 27.6 Å². The topological polar surface area (TPSA) is 189 Å². The fraction of sp³-hybridized carbons (Fsp3) is 0.250. The van der Waals surface area contributed by atoms with E-state index in [0.717, 1.165) is 5.56 Å². The van der Waals surface area contributed by atoms with Crippen LogP contribution in [0.1, 0.15) is 27.0 Å². The molecule has 2 fully saturated rings. The number of amides is 5. The Bertz CT molecular complexity index is 1770. The molecule has 2 heterocycles. The highest BCUT2D eigenvalue weighted by atomic mass is 32.2. The van der Waals surface area contributed by atoms with E-state index in [2.05, 4.69) is 11.9 Å². The van der Waals surface area contributed by atoms with Crippen LogP contribution in [-0.4, -0.2) is 83.8 Å². The summed E-state index contributed by atoms with van der Waals surface area (Å²) in [7, 11) is -4.24. The number of rotatable bonds is 11. The van der Waals surface area contributed by atoms with Crippen molar-refractivity contribution in [2.45, 2.75) is 31.7 Å². The summed E-state index contributed by atoms with van der Waals surface area (Å²) in [4.78, 5) is 56.7. The molecule has 5 amide bonds. The monoisotopic (exact) mass is 661 g/mol. The minimum Gasteiger partial charge on any atom is -0.371 e. The maximum atomic E-state index is 14.2. The fourth-order valence-corrected chi connectivity index (χ4v) is 6.16. The number of primary amides is 1. The van der Waals surface area contributed by atoms with Crippen LogP contribution < -0.4 is 20.4 Å². The Balaban J connectivity index is 1.50. The van der Waals surface area contributed by atoms with Crippen molar-refractivity contribution in [3.63, 3.8) is 0 Å². The van der Waals surface area contributed by atoms with E-state index in [1.807, 2.05) is 30.3 Å². The number of hydrogen-bond donors (Lipinski definition) is 3. The van der Waals surface area contributed by atoms with Gasteiger partial charge in [0, 0.05) is 31.6 Å². The standard InChI is InChI=1S/C32H35N7O7S/c1-2-15-37-21-29(40)38-27(17-22-11-13-26(14-12-22)46-47(34,44)45)31(42)36(19-24-9-6-10-25(16-24)30(33)41)20-28(38)39(37)32(43)35-18-23-7-4-3-5-8-23/h2-14,16,27-28H,1,15,17-21H2,(H2,33,41)(H,35,43)(H2,34,44,45)/t27-,28?/m0/s1. The Morgan fingerprint density at radius 1 is 0.979 bits per heavy atom. The number of fused-ring (bicyclic) bond motifs is 1. The zero-order valence-corrected chi connectivity index (χ0v) is 26.2. The Kier molecular flexibility index (Phi) is 9.89. The molecule has 1 unspecified atom stereocenters. The first kappa shape index (κ1) is 33.1. The van der Waals surface area contributed by atoms with Gasteiger partial charge in [0.05, 0.1) is 13.1 Å². The molecular weight excluding hydrogens is 626 g/mol. The Hall–Kier alpha value is -5.25. The van der Waals surface area contributed by atoms with Crippen molar-refractivity contribution in [3.05, 3.63) is 114 Å². The van der Waals surface area contributed by atoms with Crippen LogP contribution >= 0.6 is 0 Å². The van der Waals surface area contributed by atoms with Crippen LogP contribution in [0.2, 0.25) is 0 Å². The highest BCUT2D eigenvalue weighted by molar-refractivity contribution is 7.84. The SMILES string of the molecule is C=CCN1CC(=O)N2C(CN(Cc3cccc(C(N)=O)c3)C(=O)[C@@H]2Cc2ccc(OS(N)(=O)=O)cc2)N1C(=O)NCc1ccccc1. The minimum atomic E-state index is -4.24. The molecule has 5 rings (SSSR count). The summed E-state index contributed by atoms with van der Waals surface area (Å²) in [5.41, 5.74) is 7.88. The van der Waals surface area contributed by atoms with E-state index in [-0.39, 0.29) is 62.3 Å². The molecule has 2 aliphatic rings. The van der Waals surface area contributed by atoms with Gasteiger partial charge >= 0.3 is 16.3 Å². The largest absolute Gasteiger partial charge is 0.380 e. The van der Waals surface area contributed by atoms with Gasteiger partial charge in [0.25, 0.3) is 0 Å². The molecule has 3 aromatic carbocycles. The highest BCUT2D eigenvalue weighted by Gasteiger charge is 2.51. The van der Waals surface area contributed by atoms with Gasteiger partial charge in [0.2, 0.25) is 17.7 Å². The van der Waals surface area contributed by atoms with Crippen molar-refractivity contribution in [3.8, 4) is 5.75 Å². The van der Waals surface area contributed by atoms with Crippen molar-refractivity contribution in [2.24, 2.45) is 10.9 Å². The number of urea groups is 1. The summed E-state index contributed by atoms with van der Waals surface area (Å²) in [6.07, 6.45) is 0.749. The molecule has 2 atom stereocenters. The van der Waals surface area contributed by atoms with Gasteiger partial charge in [-0.15, -0.1) is 6.58 Å². The number of carbonyl (C=O) groups is 4. The van der Waals surface area contributed by atoms with E-state index in [1.165, 1.54) is 22.0 Å². The number of hydrogen-bond acceptors (Lipinski definition) is 8. The lowest BCUT2D eigenvalue weighted by atomic mass is 9.98. The van der Waals surface area contributed by atoms with Crippen molar-refractivity contribution >= 4 is 34.1 Å². The third-order valence-corrected chi connectivity index (χ3v) is 8.24. The van der Waals surface area contributed by atoms with Gasteiger partial charge in [-0.3, -0.25) is 14.4 Å². The lowest BCUT2D eigenvalue weighted by Gasteiger charge is -2.55. The molecule has 0 aliphatic carbocycles. The first-order chi connectivity index (χ1) is 22.4. The van der Waals surface area contributed by atoms with Gasteiger partial charge in [0.1, 0.15) is 18.0 Å². The number of nitrogens with one attached hydrogen (secondary N) is 1. The lowest BCUT2D eigenvalue weighted by Crippen LogP contribution is -2.76. The minimum absolute atomic E-state index is 0.0181. The molecule has 5 N–H and O–H groups in total. The normalized spacial score (nSPS) is 18.4. The van der Waals surface area contributed by atoms with Crippen LogP contribution in [0.25, 0.3) is 0 Å².